The zero-order chi connectivity index (χ0) is 18.2. The highest BCUT2D eigenvalue weighted by Gasteiger charge is 2.32. The number of thioether (sulfide) groups is 1. The molecule has 2 fully saturated rings. The monoisotopic (exact) mass is 372 g/mol. The maximum absolute atomic E-state index is 12.1. The molecular weight excluding hydrogens is 348 g/mol. The molecule has 7 heteroatoms. The Hall–Kier alpha value is -2.15. The summed E-state index contributed by atoms with van der Waals surface area (Å²) < 4.78 is 0. The Labute approximate surface area is 157 Å². The number of rotatable bonds is 5. The van der Waals surface area contributed by atoms with E-state index in [2.05, 4.69) is 20.8 Å². The van der Waals surface area contributed by atoms with Gasteiger partial charge in [-0.05, 0) is 31.2 Å². The fourth-order valence-electron chi connectivity index (χ4n) is 2.98. The zero-order valence-corrected chi connectivity index (χ0v) is 15.6. The second-order valence-electron chi connectivity index (χ2n) is 6.55. The maximum atomic E-state index is 12.1. The van der Waals surface area contributed by atoms with E-state index in [0.29, 0.717) is 11.7 Å². The van der Waals surface area contributed by atoms with Gasteiger partial charge in [-0.1, -0.05) is 54.9 Å². The zero-order valence-electron chi connectivity index (χ0n) is 14.7. The molecule has 0 radical (unpaired) electrons. The van der Waals surface area contributed by atoms with Crippen molar-refractivity contribution in [3.63, 3.8) is 0 Å². The van der Waals surface area contributed by atoms with Crippen LogP contribution in [0.4, 0.5) is 0 Å². The van der Waals surface area contributed by atoms with Crippen LogP contribution >= 0.6 is 11.8 Å². The standard InChI is InChI=1S/C19H24N4O2S/c24-17(20-13-14-8-4-3-5-9-14)12-16-18(25)21-19(26-16)23-22-15-10-6-1-2-7-11-15/h3-5,8-9,16H,1-2,6-7,10-13H2,(H,20,24)(H,21,23,25)/t16-/m1/s1. The Morgan fingerprint density at radius 2 is 1.85 bits per heavy atom. The molecule has 1 heterocycles. The maximum Gasteiger partial charge on any atom is 0.240 e. The van der Waals surface area contributed by atoms with Crippen molar-refractivity contribution in [3.8, 4) is 0 Å². The Bertz CT molecular complexity index is 693. The largest absolute Gasteiger partial charge is 0.352 e. The number of amidine groups is 1. The number of hydrogen-bond acceptors (Lipinski definition) is 5. The van der Waals surface area contributed by atoms with Crippen molar-refractivity contribution in [2.24, 2.45) is 10.2 Å². The van der Waals surface area contributed by atoms with Crippen LogP contribution in [-0.2, 0) is 16.1 Å². The van der Waals surface area contributed by atoms with E-state index in [1.807, 2.05) is 30.3 Å². The summed E-state index contributed by atoms with van der Waals surface area (Å²) in [6, 6.07) is 9.70. The van der Waals surface area contributed by atoms with Gasteiger partial charge in [-0.2, -0.15) is 5.10 Å². The lowest BCUT2D eigenvalue weighted by molar-refractivity contribution is -0.125. The van der Waals surface area contributed by atoms with E-state index in [1.54, 1.807) is 0 Å². The number of hydrogen-bond donors (Lipinski definition) is 2. The van der Waals surface area contributed by atoms with Gasteiger partial charge < -0.3 is 10.6 Å². The lowest BCUT2D eigenvalue weighted by Crippen LogP contribution is -2.31. The van der Waals surface area contributed by atoms with E-state index in [9.17, 15) is 9.59 Å². The minimum atomic E-state index is -0.446. The van der Waals surface area contributed by atoms with E-state index >= 15 is 0 Å². The topological polar surface area (TPSA) is 82.9 Å². The van der Waals surface area contributed by atoms with Crippen molar-refractivity contribution >= 4 is 34.5 Å². The number of nitrogens with one attached hydrogen (secondary N) is 2. The van der Waals surface area contributed by atoms with Crippen LogP contribution in [0.3, 0.4) is 0 Å². The Morgan fingerprint density at radius 3 is 2.58 bits per heavy atom. The van der Waals surface area contributed by atoms with Crippen LogP contribution in [0.2, 0.25) is 0 Å². The van der Waals surface area contributed by atoms with Crippen molar-refractivity contribution in [1.82, 2.24) is 10.6 Å². The van der Waals surface area contributed by atoms with E-state index in [4.69, 9.17) is 0 Å². The first-order valence-corrected chi connectivity index (χ1v) is 10.0. The van der Waals surface area contributed by atoms with Crippen LogP contribution in [0.25, 0.3) is 0 Å². The Balaban J connectivity index is 1.48. The van der Waals surface area contributed by atoms with E-state index in [0.717, 1.165) is 37.0 Å². The highest BCUT2D eigenvalue weighted by atomic mass is 32.2. The van der Waals surface area contributed by atoms with Gasteiger partial charge in [0, 0.05) is 18.7 Å². The molecule has 1 saturated heterocycles. The molecule has 1 saturated carbocycles. The summed E-state index contributed by atoms with van der Waals surface area (Å²) in [5, 5.41) is 14.1. The number of nitrogens with zero attached hydrogens (tertiary/aromatic N) is 2. The molecular formula is C19H24N4O2S. The van der Waals surface area contributed by atoms with Crippen molar-refractivity contribution in [1.29, 1.82) is 0 Å². The molecule has 1 aromatic carbocycles. The number of amides is 2. The quantitative estimate of drug-likeness (QED) is 0.616. The molecule has 2 N–H and O–H groups in total. The third-order valence-corrected chi connectivity index (χ3v) is 5.51. The first-order valence-electron chi connectivity index (χ1n) is 9.12. The van der Waals surface area contributed by atoms with Crippen LogP contribution in [0.5, 0.6) is 0 Å². The molecule has 6 nitrogen and oxygen atoms in total. The van der Waals surface area contributed by atoms with E-state index in [1.165, 1.54) is 24.6 Å². The third-order valence-electron chi connectivity index (χ3n) is 4.44. The molecule has 0 spiro atoms. The Kier molecular flexibility index (Phi) is 6.82. The van der Waals surface area contributed by atoms with Crippen LogP contribution in [-0.4, -0.2) is 27.9 Å². The summed E-state index contributed by atoms with van der Waals surface area (Å²) in [5.41, 5.74) is 2.14. The van der Waals surface area contributed by atoms with E-state index < -0.39 is 5.25 Å². The number of benzene rings is 1. The highest BCUT2D eigenvalue weighted by Crippen LogP contribution is 2.23. The van der Waals surface area contributed by atoms with Crippen LogP contribution in [0, 0.1) is 0 Å². The molecule has 1 aliphatic carbocycles. The SMILES string of the molecule is O=C(C[C@H]1S/C(=N\N=C2CCCCCC2)NC1=O)NCc1ccccc1. The highest BCUT2D eigenvalue weighted by molar-refractivity contribution is 8.15. The lowest BCUT2D eigenvalue weighted by Gasteiger charge is -2.07. The van der Waals surface area contributed by atoms with Crippen molar-refractivity contribution in [2.75, 3.05) is 0 Å². The predicted octanol–water partition coefficient (Wildman–Crippen LogP) is 2.99. The Morgan fingerprint density at radius 1 is 1.12 bits per heavy atom. The molecule has 3 rings (SSSR count). The van der Waals surface area contributed by atoms with Crippen LogP contribution < -0.4 is 10.6 Å². The van der Waals surface area contributed by atoms with Gasteiger partial charge in [-0.15, -0.1) is 5.10 Å². The van der Waals surface area contributed by atoms with Gasteiger partial charge in [0.1, 0.15) is 5.25 Å². The second kappa shape index (κ2) is 9.52. The van der Waals surface area contributed by atoms with Gasteiger partial charge >= 0.3 is 0 Å². The molecule has 2 aliphatic rings. The molecule has 1 aliphatic heterocycles. The minimum Gasteiger partial charge on any atom is -0.352 e. The second-order valence-corrected chi connectivity index (χ2v) is 7.74. The molecule has 0 unspecified atom stereocenters. The average molecular weight is 372 g/mol. The summed E-state index contributed by atoms with van der Waals surface area (Å²) in [6.07, 6.45) is 6.93. The molecule has 1 aromatic rings. The third kappa shape index (κ3) is 5.69. The number of carbonyl (C=O) groups excluding carboxylic acids is 2. The van der Waals surface area contributed by atoms with Gasteiger partial charge in [0.25, 0.3) is 0 Å². The fraction of sp³-hybridized carbons (Fsp3) is 0.474. The molecule has 138 valence electrons. The molecule has 26 heavy (non-hydrogen) atoms. The predicted molar refractivity (Wildman–Crippen MR) is 105 cm³/mol. The smallest absolute Gasteiger partial charge is 0.240 e. The van der Waals surface area contributed by atoms with Crippen molar-refractivity contribution in [3.05, 3.63) is 35.9 Å². The van der Waals surface area contributed by atoms with Gasteiger partial charge in [0.2, 0.25) is 11.8 Å². The average Bonchev–Trinajstić information content (AvgIpc) is 2.85. The van der Waals surface area contributed by atoms with Crippen molar-refractivity contribution in [2.45, 2.75) is 56.7 Å². The fourth-order valence-corrected chi connectivity index (χ4v) is 3.89. The van der Waals surface area contributed by atoms with Gasteiger partial charge in [-0.25, -0.2) is 0 Å². The summed E-state index contributed by atoms with van der Waals surface area (Å²) in [4.78, 5) is 24.2. The van der Waals surface area contributed by atoms with Crippen LogP contribution in [0.15, 0.2) is 40.5 Å². The molecule has 1 atom stereocenters. The summed E-state index contributed by atoms with van der Waals surface area (Å²) >= 11 is 1.28. The van der Waals surface area contributed by atoms with Crippen LogP contribution in [0.1, 0.15) is 50.5 Å². The first kappa shape index (κ1) is 18.6. The van der Waals surface area contributed by atoms with Gasteiger partial charge in [0.05, 0.1) is 0 Å². The first-order chi connectivity index (χ1) is 12.7. The van der Waals surface area contributed by atoms with Gasteiger partial charge in [-0.3, -0.25) is 9.59 Å². The summed E-state index contributed by atoms with van der Waals surface area (Å²) in [7, 11) is 0. The summed E-state index contributed by atoms with van der Waals surface area (Å²) in [5.74, 6) is -0.317. The van der Waals surface area contributed by atoms with E-state index in [-0.39, 0.29) is 18.2 Å². The normalized spacial score (nSPS) is 22.0. The molecule has 0 aromatic heterocycles. The van der Waals surface area contributed by atoms with Gasteiger partial charge in [0.15, 0.2) is 5.17 Å². The lowest BCUT2D eigenvalue weighted by atomic mass is 10.2. The van der Waals surface area contributed by atoms with Crippen molar-refractivity contribution < 1.29 is 9.59 Å². The molecule has 0 bridgehead atoms. The molecule has 2 amide bonds. The number of carbonyl (C=O) groups is 2. The minimum absolute atomic E-state index is 0.138. The summed E-state index contributed by atoms with van der Waals surface area (Å²) in [6.45, 7) is 0.466.